The molecule has 31 heavy (non-hydrogen) atoms. The topological polar surface area (TPSA) is 80.6 Å². The highest BCUT2D eigenvalue weighted by Gasteiger charge is 2.18. The maximum Gasteiger partial charge on any atom is 0.262 e. The van der Waals surface area contributed by atoms with Gasteiger partial charge in [0.15, 0.2) is 11.5 Å². The minimum Gasteiger partial charge on any atom is -0.493 e. The molecule has 0 aromatic heterocycles. The van der Waals surface area contributed by atoms with E-state index in [-0.39, 0.29) is 28.9 Å². The number of benzene rings is 2. The van der Waals surface area contributed by atoms with Crippen molar-refractivity contribution >= 4 is 23.6 Å². The minimum absolute atomic E-state index is 0.0108. The largest absolute Gasteiger partial charge is 0.493 e. The molecule has 1 fully saturated rings. The normalized spacial score (nSPS) is 15.9. The summed E-state index contributed by atoms with van der Waals surface area (Å²) in [5, 5.41) is 12.4. The number of halogens is 2. The van der Waals surface area contributed by atoms with Gasteiger partial charge in [0.1, 0.15) is 24.1 Å². The highest BCUT2D eigenvalue weighted by molar-refractivity contribution is 6.31. The van der Waals surface area contributed by atoms with Crippen molar-refractivity contribution in [2.24, 2.45) is 0 Å². The molecule has 0 bridgehead atoms. The van der Waals surface area contributed by atoms with Crippen molar-refractivity contribution < 1.29 is 23.4 Å². The van der Waals surface area contributed by atoms with Gasteiger partial charge in [-0.1, -0.05) is 23.7 Å². The molecule has 8 heteroatoms. The lowest BCUT2D eigenvalue weighted by Crippen LogP contribution is -2.32. The van der Waals surface area contributed by atoms with E-state index < -0.39 is 11.7 Å². The van der Waals surface area contributed by atoms with Gasteiger partial charge in [-0.25, -0.2) is 4.39 Å². The zero-order valence-corrected chi connectivity index (χ0v) is 17.7. The molecule has 3 rings (SSSR count). The second-order valence-electron chi connectivity index (χ2n) is 6.91. The van der Waals surface area contributed by atoms with Gasteiger partial charge in [0.05, 0.1) is 18.2 Å². The summed E-state index contributed by atoms with van der Waals surface area (Å²) in [6.45, 7) is 0.984. The summed E-state index contributed by atoms with van der Waals surface area (Å²) in [6, 6.07) is 11.3. The average molecular weight is 445 g/mol. The minimum atomic E-state index is -0.466. The quantitative estimate of drug-likeness (QED) is 0.486. The SMILES string of the molecule is COc1cc(/C=C(\C#N)C(=O)NC[C@@H]2CCCO2)ccc1OCc1c(F)cccc1Cl. The Balaban J connectivity index is 1.70. The molecule has 1 aliphatic heterocycles. The fourth-order valence-corrected chi connectivity index (χ4v) is 3.35. The molecule has 1 saturated heterocycles. The van der Waals surface area contributed by atoms with Crippen LogP contribution >= 0.6 is 11.6 Å². The van der Waals surface area contributed by atoms with E-state index in [9.17, 15) is 14.4 Å². The third-order valence-corrected chi connectivity index (χ3v) is 5.17. The van der Waals surface area contributed by atoms with E-state index in [1.165, 1.54) is 25.3 Å². The third-order valence-electron chi connectivity index (χ3n) is 4.81. The van der Waals surface area contributed by atoms with Crippen molar-refractivity contribution in [3.63, 3.8) is 0 Å². The van der Waals surface area contributed by atoms with Crippen molar-refractivity contribution in [3.05, 3.63) is 63.9 Å². The second-order valence-corrected chi connectivity index (χ2v) is 7.32. The van der Waals surface area contributed by atoms with Crippen molar-refractivity contribution in [3.8, 4) is 17.6 Å². The Morgan fingerprint density at radius 1 is 1.39 bits per heavy atom. The van der Waals surface area contributed by atoms with Crippen LogP contribution in [-0.2, 0) is 16.1 Å². The number of nitrogens with one attached hydrogen (secondary N) is 1. The summed E-state index contributed by atoms with van der Waals surface area (Å²) in [5.74, 6) is -0.177. The first-order valence-electron chi connectivity index (χ1n) is 9.77. The molecule has 1 heterocycles. The summed E-state index contributed by atoms with van der Waals surface area (Å²) in [5.41, 5.74) is 0.786. The molecule has 1 N–H and O–H groups in total. The van der Waals surface area contributed by atoms with Crippen LogP contribution in [0.3, 0.4) is 0 Å². The molecule has 0 unspecified atom stereocenters. The van der Waals surface area contributed by atoms with Crippen molar-refractivity contribution in [2.75, 3.05) is 20.3 Å². The number of carbonyl (C=O) groups excluding carboxylic acids is 1. The van der Waals surface area contributed by atoms with E-state index in [0.717, 1.165) is 12.8 Å². The number of hydrogen-bond donors (Lipinski definition) is 1. The lowest BCUT2D eigenvalue weighted by atomic mass is 10.1. The smallest absolute Gasteiger partial charge is 0.262 e. The first-order chi connectivity index (χ1) is 15.0. The molecular formula is C23H22ClFN2O4. The number of nitriles is 1. The lowest BCUT2D eigenvalue weighted by molar-refractivity contribution is -0.117. The Bertz CT molecular complexity index is 993. The summed E-state index contributed by atoms with van der Waals surface area (Å²) >= 11 is 6.03. The Morgan fingerprint density at radius 2 is 2.23 bits per heavy atom. The molecule has 0 aliphatic carbocycles. The van der Waals surface area contributed by atoms with Crippen LogP contribution in [0.2, 0.25) is 5.02 Å². The first kappa shape index (κ1) is 22.6. The molecule has 0 spiro atoms. The van der Waals surface area contributed by atoms with Crippen molar-refractivity contribution in [1.82, 2.24) is 5.32 Å². The molecule has 0 radical (unpaired) electrons. The maximum absolute atomic E-state index is 13.9. The van der Waals surface area contributed by atoms with Crippen LogP contribution in [0.15, 0.2) is 42.0 Å². The Morgan fingerprint density at radius 3 is 2.90 bits per heavy atom. The third kappa shape index (κ3) is 5.97. The van der Waals surface area contributed by atoms with E-state index >= 15 is 0 Å². The Hall–Kier alpha value is -3.08. The molecule has 162 valence electrons. The van der Waals surface area contributed by atoms with Gasteiger partial charge < -0.3 is 19.5 Å². The van der Waals surface area contributed by atoms with Crippen LogP contribution in [0.5, 0.6) is 11.5 Å². The number of nitrogens with zero attached hydrogens (tertiary/aromatic N) is 1. The number of rotatable bonds is 8. The predicted molar refractivity (Wildman–Crippen MR) is 114 cm³/mol. The Labute approximate surface area is 185 Å². The second kappa shape index (κ2) is 10.8. The summed E-state index contributed by atoms with van der Waals surface area (Å²) in [6.07, 6.45) is 3.31. The molecule has 2 aromatic rings. The summed E-state index contributed by atoms with van der Waals surface area (Å²) in [7, 11) is 1.46. The fraction of sp³-hybridized carbons (Fsp3) is 0.304. The number of methoxy groups -OCH3 is 1. The predicted octanol–water partition coefficient (Wildman–Crippen LogP) is 4.27. The van der Waals surface area contributed by atoms with Gasteiger partial charge in [-0.15, -0.1) is 0 Å². The zero-order chi connectivity index (χ0) is 22.2. The standard InChI is InChI=1S/C23H22ClFN2O4/c1-29-22-11-15(10-16(12-26)23(28)27-13-17-4-3-9-30-17)7-8-21(22)31-14-18-19(24)5-2-6-20(18)25/h2,5-8,10-11,17H,3-4,9,13-14H2,1H3,(H,27,28)/b16-10+/t17-/m0/s1. The van der Waals surface area contributed by atoms with Gasteiger partial charge in [0.2, 0.25) is 0 Å². The summed E-state index contributed by atoms with van der Waals surface area (Å²) < 4.78 is 30.4. The number of hydrogen-bond acceptors (Lipinski definition) is 5. The summed E-state index contributed by atoms with van der Waals surface area (Å²) in [4.78, 5) is 12.3. The lowest BCUT2D eigenvalue weighted by Gasteiger charge is -2.13. The first-order valence-corrected chi connectivity index (χ1v) is 10.1. The molecule has 0 saturated carbocycles. The van der Waals surface area contributed by atoms with Gasteiger partial charge >= 0.3 is 0 Å². The Kier molecular flexibility index (Phi) is 7.88. The average Bonchev–Trinajstić information content (AvgIpc) is 3.29. The van der Waals surface area contributed by atoms with Crippen LogP contribution in [0.4, 0.5) is 4.39 Å². The molecule has 6 nitrogen and oxygen atoms in total. The van der Waals surface area contributed by atoms with Gasteiger partial charge in [0, 0.05) is 18.7 Å². The van der Waals surface area contributed by atoms with Crippen LogP contribution in [0.25, 0.3) is 6.08 Å². The van der Waals surface area contributed by atoms with Crippen LogP contribution in [-0.4, -0.2) is 32.3 Å². The molecule has 1 amide bonds. The van der Waals surface area contributed by atoms with E-state index in [4.69, 9.17) is 25.8 Å². The van der Waals surface area contributed by atoms with Gasteiger partial charge in [-0.05, 0) is 48.7 Å². The molecular weight excluding hydrogens is 423 g/mol. The van der Waals surface area contributed by atoms with Crippen LogP contribution < -0.4 is 14.8 Å². The van der Waals surface area contributed by atoms with Crippen LogP contribution in [0.1, 0.15) is 24.0 Å². The number of ether oxygens (including phenoxy) is 3. The monoisotopic (exact) mass is 444 g/mol. The van der Waals surface area contributed by atoms with Gasteiger partial charge in [0.25, 0.3) is 5.91 Å². The maximum atomic E-state index is 13.9. The van der Waals surface area contributed by atoms with Gasteiger partial charge in [-0.2, -0.15) is 5.26 Å². The molecule has 1 atom stereocenters. The van der Waals surface area contributed by atoms with E-state index in [1.54, 1.807) is 24.3 Å². The molecule has 1 aliphatic rings. The zero-order valence-electron chi connectivity index (χ0n) is 17.0. The van der Waals surface area contributed by atoms with E-state index in [1.807, 2.05) is 6.07 Å². The van der Waals surface area contributed by atoms with E-state index in [0.29, 0.717) is 30.2 Å². The van der Waals surface area contributed by atoms with Crippen LogP contribution in [0, 0.1) is 17.1 Å². The van der Waals surface area contributed by atoms with Crippen molar-refractivity contribution in [1.29, 1.82) is 5.26 Å². The fourth-order valence-electron chi connectivity index (χ4n) is 3.14. The molecule has 2 aromatic carbocycles. The highest BCUT2D eigenvalue weighted by Crippen LogP contribution is 2.31. The van der Waals surface area contributed by atoms with Crippen molar-refractivity contribution in [2.45, 2.75) is 25.6 Å². The highest BCUT2D eigenvalue weighted by atomic mass is 35.5. The number of amides is 1. The van der Waals surface area contributed by atoms with E-state index in [2.05, 4.69) is 5.32 Å². The van der Waals surface area contributed by atoms with Gasteiger partial charge in [-0.3, -0.25) is 4.79 Å². The number of carbonyl (C=O) groups is 1.